The van der Waals surface area contributed by atoms with Crippen LogP contribution in [0.15, 0.2) is 11.6 Å². The second kappa shape index (κ2) is 20.7. The third kappa shape index (κ3) is 15.6. The van der Waals surface area contributed by atoms with Crippen molar-refractivity contribution in [3.8, 4) is 0 Å². The molecule has 1 fully saturated rings. The Morgan fingerprint density at radius 2 is 1.61 bits per heavy atom. The summed E-state index contributed by atoms with van der Waals surface area (Å²) in [5.74, 6) is -0.474. The molecule has 0 radical (unpaired) electrons. The van der Waals surface area contributed by atoms with Crippen molar-refractivity contribution in [3.05, 3.63) is 11.6 Å². The number of likely N-dealkylation sites (tertiary alicyclic amines) is 1. The zero-order valence-electron chi connectivity index (χ0n) is 22.8. The Morgan fingerprint density at radius 1 is 1.06 bits per heavy atom. The fourth-order valence-electron chi connectivity index (χ4n) is 3.36. The number of rotatable bonds is 10. The van der Waals surface area contributed by atoms with E-state index >= 15 is 0 Å². The van der Waals surface area contributed by atoms with Crippen molar-refractivity contribution in [2.24, 2.45) is 5.92 Å². The molecule has 33 heavy (non-hydrogen) atoms. The first kappa shape index (κ1) is 33.3. The van der Waals surface area contributed by atoms with E-state index in [4.69, 9.17) is 4.74 Å². The molecule has 0 aromatic heterocycles. The van der Waals surface area contributed by atoms with Gasteiger partial charge in [-0.25, -0.2) is 4.79 Å². The molecule has 0 aromatic carbocycles. The molecule has 1 unspecified atom stereocenters. The second-order valence-corrected chi connectivity index (χ2v) is 8.87. The van der Waals surface area contributed by atoms with Gasteiger partial charge in [-0.05, 0) is 59.0 Å². The Morgan fingerprint density at radius 3 is 2.03 bits per heavy atom. The summed E-state index contributed by atoms with van der Waals surface area (Å²) in [6.45, 7) is 19.1. The van der Waals surface area contributed by atoms with E-state index in [0.29, 0.717) is 18.6 Å². The van der Waals surface area contributed by atoms with Crippen LogP contribution in [-0.2, 0) is 19.1 Å². The molecule has 2 atom stereocenters. The van der Waals surface area contributed by atoms with E-state index in [1.165, 1.54) is 50.1 Å². The first-order valence-corrected chi connectivity index (χ1v) is 12.6. The van der Waals surface area contributed by atoms with Crippen LogP contribution in [0.2, 0.25) is 0 Å². The molecule has 1 aliphatic heterocycles. The predicted molar refractivity (Wildman–Crippen MR) is 137 cm³/mol. The lowest BCUT2D eigenvalue weighted by atomic mass is 10.00. The Balaban J connectivity index is 0. The van der Waals surface area contributed by atoms with Crippen LogP contribution in [0.3, 0.4) is 0 Å². The van der Waals surface area contributed by atoms with Crippen molar-refractivity contribution < 1.29 is 19.1 Å². The number of esters is 1. The molecule has 2 amide bonds. The molecule has 1 heterocycles. The number of ether oxygens (including phenoxy) is 1. The lowest BCUT2D eigenvalue weighted by Crippen LogP contribution is -2.43. The highest BCUT2D eigenvalue weighted by atomic mass is 16.5. The van der Waals surface area contributed by atoms with Gasteiger partial charge in [-0.15, -0.1) is 0 Å². The number of likely N-dealkylation sites (N-methyl/N-ethyl adjacent to an activating group) is 1. The summed E-state index contributed by atoms with van der Waals surface area (Å²) < 4.78 is 4.92. The fourth-order valence-corrected chi connectivity index (χ4v) is 3.36. The van der Waals surface area contributed by atoms with Crippen LogP contribution in [-0.4, -0.2) is 73.5 Å². The summed E-state index contributed by atoms with van der Waals surface area (Å²) in [4.78, 5) is 37.8. The van der Waals surface area contributed by atoms with Gasteiger partial charge in [-0.3, -0.25) is 9.59 Å². The topological polar surface area (TPSA) is 79.0 Å². The van der Waals surface area contributed by atoms with E-state index in [9.17, 15) is 14.4 Å². The molecule has 1 aliphatic rings. The number of carbonyl (C=O) groups excluding carboxylic acids is 3. The summed E-state index contributed by atoms with van der Waals surface area (Å²) in [5.41, 5.74) is 0.466. The molecule has 0 bridgehead atoms. The van der Waals surface area contributed by atoms with Crippen LogP contribution in [0.25, 0.3) is 0 Å². The van der Waals surface area contributed by atoms with Crippen molar-refractivity contribution in [1.29, 1.82) is 0 Å². The monoisotopic (exact) mass is 469 g/mol. The highest BCUT2D eigenvalue weighted by Gasteiger charge is 2.22. The minimum atomic E-state index is -0.384. The van der Waals surface area contributed by atoms with Crippen LogP contribution in [0.4, 0.5) is 0 Å². The van der Waals surface area contributed by atoms with E-state index in [1.807, 2.05) is 13.8 Å². The fraction of sp³-hybridized carbons (Fsp3) is 0.808. The van der Waals surface area contributed by atoms with Gasteiger partial charge in [-0.1, -0.05) is 53.5 Å². The zero-order valence-corrected chi connectivity index (χ0v) is 22.8. The number of hydrogen-bond acceptors (Lipinski definition) is 5. The standard InChI is InChI=1S/C14H24N2O4.C9H19N.C3H8/c1-6-20-14(19)11(4)7-12(10(2)3)16(5)13(18)8-15-9-17;1-3-9(2)10-7-5-4-6-8-10;1-3-2/h7,9-10,12H,6,8H2,1-5H3,(H,15,17);9H,3-8H2,1-2H3;3H2,1-2H3/b11-7+;;/t12-;;/m1../s1. The van der Waals surface area contributed by atoms with E-state index in [0.717, 1.165) is 6.04 Å². The van der Waals surface area contributed by atoms with Crippen molar-refractivity contribution in [2.75, 3.05) is 33.3 Å². The molecule has 1 N–H and O–H groups in total. The summed E-state index contributed by atoms with van der Waals surface area (Å²) in [7, 11) is 1.65. The maximum absolute atomic E-state index is 11.9. The zero-order chi connectivity index (χ0) is 25.8. The van der Waals surface area contributed by atoms with Crippen LogP contribution in [0.1, 0.15) is 87.5 Å². The van der Waals surface area contributed by atoms with Gasteiger partial charge in [0.05, 0.1) is 19.2 Å². The highest BCUT2D eigenvalue weighted by molar-refractivity contribution is 5.88. The first-order chi connectivity index (χ1) is 15.6. The number of carbonyl (C=O) groups is 3. The molecule has 0 aromatic rings. The third-order valence-electron chi connectivity index (χ3n) is 5.48. The largest absolute Gasteiger partial charge is 0.463 e. The quantitative estimate of drug-likeness (QED) is 0.291. The molecule has 0 aliphatic carbocycles. The first-order valence-electron chi connectivity index (χ1n) is 12.6. The van der Waals surface area contributed by atoms with Crippen LogP contribution in [0.5, 0.6) is 0 Å². The van der Waals surface area contributed by atoms with Gasteiger partial charge in [0, 0.05) is 18.7 Å². The van der Waals surface area contributed by atoms with Crippen molar-refractivity contribution >= 4 is 18.3 Å². The van der Waals surface area contributed by atoms with Crippen LogP contribution in [0, 0.1) is 5.92 Å². The molecular weight excluding hydrogens is 418 g/mol. The molecule has 0 saturated carbocycles. The van der Waals surface area contributed by atoms with Gasteiger partial charge in [0.2, 0.25) is 12.3 Å². The Kier molecular flexibility index (Phi) is 20.9. The van der Waals surface area contributed by atoms with E-state index in [2.05, 4.69) is 37.9 Å². The smallest absolute Gasteiger partial charge is 0.333 e. The summed E-state index contributed by atoms with van der Waals surface area (Å²) in [6, 6.07) is 0.584. The van der Waals surface area contributed by atoms with Gasteiger partial charge >= 0.3 is 5.97 Å². The number of nitrogens with one attached hydrogen (secondary N) is 1. The number of amides is 2. The average Bonchev–Trinajstić information content (AvgIpc) is 2.81. The maximum atomic E-state index is 11.9. The van der Waals surface area contributed by atoms with Crippen molar-refractivity contribution in [2.45, 2.75) is 99.6 Å². The minimum absolute atomic E-state index is 0.0600. The Hall–Kier alpha value is -1.89. The Bertz CT molecular complexity index is 558. The molecule has 194 valence electrons. The summed E-state index contributed by atoms with van der Waals surface area (Å²) >= 11 is 0. The minimum Gasteiger partial charge on any atom is -0.463 e. The second-order valence-electron chi connectivity index (χ2n) is 8.87. The lowest BCUT2D eigenvalue weighted by molar-refractivity contribution is -0.138. The molecule has 1 saturated heterocycles. The molecule has 7 nitrogen and oxygen atoms in total. The Labute approximate surface area is 203 Å². The average molecular weight is 470 g/mol. The lowest BCUT2D eigenvalue weighted by Gasteiger charge is -2.31. The molecule has 0 spiro atoms. The SMILES string of the molecule is CCC.CCC(C)N1CCCCC1.CCOC(=O)/C(C)=C/[C@H](C(C)C)N(C)C(=O)CNC=O. The normalized spacial score (nSPS) is 15.8. The van der Waals surface area contributed by atoms with Gasteiger partial charge in [0.15, 0.2) is 0 Å². The van der Waals surface area contributed by atoms with E-state index < -0.39 is 0 Å². The molecular formula is C26H51N3O4. The predicted octanol–water partition coefficient (Wildman–Crippen LogP) is 4.41. The van der Waals surface area contributed by atoms with Gasteiger partial charge in [0.1, 0.15) is 0 Å². The van der Waals surface area contributed by atoms with Crippen molar-refractivity contribution in [1.82, 2.24) is 15.1 Å². The summed E-state index contributed by atoms with van der Waals surface area (Å²) in [6.07, 6.45) is 9.05. The number of piperidine rings is 1. The maximum Gasteiger partial charge on any atom is 0.333 e. The van der Waals surface area contributed by atoms with Crippen LogP contribution < -0.4 is 5.32 Å². The van der Waals surface area contributed by atoms with E-state index in [1.54, 1.807) is 27.0 Å². The highest BCUT2D eigenvalue weighted by Crippen LogP contribution is 2.14. The van der Waals surface area contributed by atoms with Gasteiger partial charge in [-0.2, -0.15) is 0 Å². The summed E-state index contributed by atoms with van der Waals surface area (Å²) in [5, 5.41) is 2.34. The third-order valence-corrected chi connectivity index (χ3v) is 5.48. The van der Waals surface area contributed by atoms with Gasteiger partial charge in [0.25, 0.3) is 0 Å². The van der Waals surface area contributed by atoms with Crippen molar-refractivity contribution in [3.63, 3.8) is 0 Å². The van der Waals surface area contributed by atoms with Gasteiger partial charge < -0.3 is 19.9 Å². The number of hydrogen-bond donors (Lipinski definition) is 1. The molecule has 1 rings (SSSR count). The number of nitrogens with zero attached hydrogens (tertiary/aromatic N) is 2. The van der Waals surface area contributed by atoms with Crippen LogP contribution >= 0.6 is 0 Å². The van der Waals surface area contributed by atoms with E-state index in [-0.39, 0.29) is 30.4 Å². The molecule has 7 heteroatoms.